The zero-order chi connectivity index (χ0) is 20.5. The fourth-order valence-electron chi connectivity index (χ4n) is 2.80. The summed E-state index contributed by atoms with van der Waals surface area (Å²) in [7, 11) is 0. The number of hydrogen-bond acceptors (Lipinski definition) is 6. The Kier molecular flexibility index (Phi) is 5.08. The van der Waals surface area contributed by atoms with Crippen LogP contribution in [-0.4, -0.2) is 16.0 Å². The van der Waals surface area contributed by atoms with Crippen LogP contribution in [0.3, 0.4) is 0 Å². The molecule has 146 valence electrons. The second kappa shape index (κ2) is 7.69. The SMILES string of the molecule is O=C(Nc1ccc(Cc2sc(=O)[nH]c2O)cc1)c1cc(=O)c2cc(Br)ccc2o1. The molecule has 0 aliphatic carbocycles. The summed E-state index contributed by atoms with van der Waals surface area (Å²) in [6, 6.07) is 13.1. The van der Waals surface area contributed by atoms with Crippen LogP contribution < -0.4 is 15.6 Å². The average molecular weight is 473 g/mol. The number of amides is 1. The number of aromatic nitrogens is 1. The predicted octanol–water partition coefficient (Wildman–Crippen LogP) is 3.85. The largest absolute Gasteiger partial charge is 0.494 e. The Morgan fingerprint density at radius 2 is 1.90 bits per heavy atom. The Morgan fingerprint density at radius 1 is 1.14 bits per heavy atom. The van der Waals surface area contributed by atoms with Crippen LogP contribution in [0.5, 0.6) is 5.88 Å². The van der Waals surface area contributed by atoms with Crippen molar-refractivity contribution in [2.24, 2.45) is 0 Å². The van der Waals surface area contributed by atoms with Crippen molar-refractivity contribution in [2.75, 3.05) is 5.32 Å². The second-order valence-corrected chi connectivity index (χ2v) is 8.21. The molecule has 0 aliphatic heterocycles. The van der Waals surface area contributed by atoms with Gasteiger partial charge in [0.25, 0.3) is 5.91 Å². The van der Waals surface area contributed by atoms with Crippen molar-refractivity contribution in [3.05, 3.63) is 89.1 Å². The molecule has 2 heterocycles. The van der Waals surface area contributed by atoms with Gasteiger partial charge in [-0.2, -0.15) is 0 Å². The standard InChI is InChI=1S/C20H13BrN2O5S/c21-11-3-6-15-13(8-11)14(24)9-16(28-15)18(25)22-12-4-1-10(2-5-12)7-17-19(26)23-20(27)29-17/h1-6,8-9,26H,7H2,(H,22,25)(H,23,27). The summed E-state index contributed by atoms with van der Waals surface area (Å²) in [6.07, 6.45) is 0.387. The molecule has 3 N–H and O–H groups in total. The van der Waals surface area contributed by atoms with Gasteiger partial charge >= 0.3 is 4.87 Å². The van der Waals surface area contributed by atoms with Crippen LogP contribution in [0, 0.1) is 0 Å². The Morgan fingerprint density at radius 3 is 2.59 bits per heavy atom. The lowest BCUT2D eigenvalue weighted by Gasteiger charge is -2.07. The van der Waals surface area contributed by atoms with Gasteiger partial charge in [0.1, 0.15) is 5.58 Å². The average Bonchev–Trinajstić information content (AvgIpc) is 3.00. The molecule has 0 bridgehead atoms. The van der Waals surface area contributed by atoms with E-state index in [9.17, 15) is 19.5 Å². The van der Waals surface area contributed by atoms with Gasteiger partial charge in [0, 0.05) is 22.6 Å². The summed E-state index contributed by atoms with van der Waals surface area (Å²) < 4.78 is 6.30. The number of anilines is 1. The number of hydrogen-bond donors (Lipinski definition) is 3. The third-order valence-corrected chi connectivity index (χ3v) is 5.55. The van der Waals surface area contributed by atoms with Crippen LogP contribution in [0.25, 0.3) is 11.0 Å². The minimum atomic E-state index is -0.541. The summed E-state index contributed by atoms with van der Waals surface area (Å²) in [5.41, 5.74) is 1.39. The number of rotatable bonds is 4. The molecule has 0 atom stereocenters. The molecule has 0 saturated carbocycles. The third-order valence-electron chi connectivity index (χ3n) is 4.19. The normalized spacial score (nSPS) is 10.9. The lowest BCUT2D eigenvalue weighted by Crippen LogP contribution is -2.15. The van der Waals surface area contributed by atoms with Gasteiger partial charge in [-0.05, 0) is 35.9 Å². The first-order valence-corrected chi connectivity index (χ1v) is 10.0. The highest BCUT2D eigenvalue weighted by Crippen LogP contribution is 2.22. The smallest absolute Gasteiger partial charge is 0.307 e. The topological polar surface area (TPSA) is 112 Å². The van der Waals surface area contributed by atoms with E-state index in [2.05, 4.69) is 26.2 Å². The zero-order valence-electron chi connectivity index (χ0n) is 14.7. The van der Waals surface area contributed by atoms with Crippen LogP contribution >= 0.6 is 27.3 Å². The van der Waals surface area contributed by atoms with Crippen molar-refractivity contribution < 1.29 is 14.3 Å². The number of carbonyl (C=O) groups is 1. The lowest BCUT2D eigenvalue weighted by molar-refractivity contribution is 0.0997. The van der Waals surface area contributed by atoms with Gasteiger partial charge in [-0.1, -0.05) is 39.4 Å². The molecule has 1 amide bonds. The quantitative estimate of drug-likeness (QED) is 0.417. The van der Waals surface area contributed by atoms with E-state index >= 15 is 0 Å². The highest BCUT2D eigenvalue weighted by Gasteiger charge is 2.13. The van der Waals surface area contributed by atoms with E-state index in [1.54, 1.807) is 42.5 Å². The van der Waals surface area contributed by atoms with Gasteiger partial charge in [-0.3, -0.25) is 19.4 Å². The molecule has 0 saturated heterocycles. The van der Waals surface area contributed by atoms with Gasteiger partial charge in [0.05, 0.1) is 10.3 Å². The summed E-state index contributed by atoms with van der Waals surface area (Å²) in [6.45, 7) is 0. The first-order valence-electron chi connectivity index (χ1n) is 8.44. The molecule has 0 spiro atoms. The van der Waals surface area contributed by atoms with Gasteiger partial charge < -0.3 is 14.8 Å². The van der Waals surface area contributed by atoms with E-state index in [0.717, 1.165) is 27.4 Å². The van der Waals surface area contributed by atoms with E-state index in [-0.39, 0.29) is 21.9 Å². The number of fused-ring (bicyclic) bond motifs is 1. The van der Waals surface area contributed by atoms with Gasteiger partial charge in [-0.15, -0.1) is 0 Å². The summed E-state index contributed by atoms with van der Waals surface area (Å²) >= 11 is 4.25. The van der Waals surface area contributed by atoms with Gasteiger partial charge in [0.2, 0.25) is 5.88 Å². The van der Waals surface area contributed by atoms with Crippen molar-refractivity contribution >= 4 is 49.8 Å². The van der Waals surface area contributed by atoms with E-state index in [1.165, 1.54) is 0 Å². The second-order valence-electron chi connectivity index (χ2n) is 6.23. The van der Waals surface area contributed by atoms with E-state index in [1.807, 2.05) is 0 Å². The minimum absolute atomic E-state index is 0.0871. The highest BCUT2D eigenvalue weighted by molar-refractivity contribution is 9.10. The van der Waals surface area contributed by atoms with Crippen molar-refractivity contribution in [1.29, 1.82) is 0 Å². The summed E-state index contributed by atoms with van der Waals surface area (Å²) in [5, 5.41) is 12.7. The van der Waals surface area contributed by atoms with Crippen LogP contribution in [0.15, 0.2) is 67.0 Å². The third kappa shape index (κ3) is 4.15. The number of benzene rings is 2. The zero-order valence-corrected chi connectivity index (χ0v) is 17.1. The van der Waals surface area contributed by atoms with Crippen molar-refractivity contribution in [3.63, 3.8) is 0 Å². The molecular formula is C20H13BrN2O5S. The molecular weight excluding hydrogens is 460 g/mol. The Hall–Kier alpha value is -3.17. The van der Waals surface area contributed by atoms with Crippen molar-refractivity contribution in [2.45, 2.75) is 6.42 Å². The minimum Gasteiger partial charge on any atom is -0.494 e. The van der Waals surface area contributed by atoms with Crippen LogP contribution in [0.1, 0.15) is 21.0 Å². The molecule has 0 fully saturated rings. The maximum atomic E-state index is 12.5. The monoisotopic (exact) mass is 472 g/mol. The van der Waals surface area contributed by atoms with Gasteiger partial charge in [0.15, 0.2) is 11.2 Å². The molecule has 7 nitrogen and oxygen atoms in total. The number of carbonyl (C=O) groups excluding carboxylic acids is 1. The van der Waals surface area contributed by atoms with Crippen molar-refractivity contribution in [3.8, 4) is 5.88 Å². The molecule has 2 aromatic heterocycles. The number of H-pyrrole nitrogens is 1. The Labute approximate surface area is 175 Å². The number of thiazole rings is 1. The lowest BCUT2D eigenvalue weighted by atomic mass is 10.1. The maximum absolute atomic E-state index is 12.5. The molecule has 4 aromatic rings. The summed E-state index contributed by atoms with van der Waals surface area (Å²) in [5.74, 6) is -0.757. The van der Waals surface area contributed by atoms with E-state index < -0.39 is 5.91 Å². The molecule has 9 heteroatoms. The number of aromatic amines is 1. The van der Waals surface area contributed by atoms with Gasteiger partial charge in [-0.25, -0.2) is 0 Å². The fraction of sp³-hybridized carbons (Fsp3) is 0.0500. The Bertz CT molecular complexity index is 1340. The Balaban J connectivity index is 1.52. The number of halogens is 1. The first kappa shape index (κ1) is 19.2. The number of aromatic hydroxyl groups is 1. The maximum Gasteiger partial charge on any atom is 0.307 e. The fourth-order valence-corrected chi connectivity index (χ4v) is 3.92. The molecule has 29 heavy (non-hydrogen) atoms. The van der Waals surface area contributed by atoms with E-state index in [0.29, 0.717) is 28.0 Å². The molecule has 0 aliphatic rings. The number of nitrogens with one attached hydrogen (secondary N) is 2. The predicted molar refractivity (Wildman–Crippen MR) is 114 cm³/mol. The molecule has 0 unspecified atom stereocenters. The highest BCUT2D eigenvalue weighted by atomic mass is 79.9. The molecule has 4 rings (SSSR count). The molecule has 2 aromatic carbocycles. The van der Waals surface area contributed by atoms with E-state index in [4.69, 9.17) is 4.42 Å². The summed E-state index contributed by atoms with van der Waals surface area (Å²) in [4.78, 5) is 38.5. The van der Waals surface area contributed by atoms with Crippen LogP contribution in [0.2, 0.25) is 0 Å². The first-order chi connectivity index (χ1) is 13.9. The van der Waals surface area contributed by atoms with Crippen LogP contribution in [0.4, 0.5) is 5.69 Å². The van der Waals surface area contributed by atoms with Crippen molar-refractivity contribution in [1.82, 2.24) is 4.98 Å². The molecule has 0 radical (unpaired) electrons. The van der Waals surface area contributed by atoms with Crippen LogP contribution in [-0.2, 0) is 6.42 Å².